The minimum Gasteiger partial charge on any atom is -0.310 e. The standard InChI is InChI=1S/C62H50N2S/c65-61-40-48-23-28-59(64(55-17-5-2-6-18-55)57-26-21-44-12-8-10-14-47(44)36-57)38-50(48)39-60(61)62(52-30-41-29-42(32-52)33-53(62)31-41)51-24-19-45-22-27-58(37-49(45)34-51)63(54-15-3-1-4-16-54)56-25-20-43-11-7-9-13-46(43)35-56/h1-28,34-42,52-53,65H,29-33H2. The fraction of sp³-hybridized carbons (Fsp3) is 0.161. The topological polar surface area (TPSA) is 6.48 Å². The van der Waals surface area contributed by atoms with Gasteiger partial charge in [0.15, 0.2) is 0 Å². The van der Waals surface area contributed by atoms with Crippen LogP contribution in [-0.4, -0.2) is 0 Å². The predicted molar refractivity (Wildman–Crippen MR) is 277 cm³/mol. The molecule has 0 N–H and O–H groups in total. The summed E-state index contributed by atoms with van der Waals surface area (Å²) in [6.07, 6.45) is 6.59. The van der Waals surface area contributed by atoms with E-state index in [1.807, 2.05) is 0 Å². The van der Waals surface area contributed by atoms with E-state index in [4.69, 9.17) is 12.6 Å². The molecule has 0 amide bonds. The van der Waals surface area contributed by atoms with Gasteiger partial charge in [-0.1, -0.05) is 127 Å². The summed E-state index contributed by atoms with van der Waals surface area (Å²) in [5.41, 5.74) is 9.67. The van der Waals surface area contributed by atoms with Gasteiger partial charge in [-0.2, -0.15) is 0 Å². The number of para-hydroxylation sites is 2. The maximum atomic E-state index is 5.49. The third kappa shape index (κ3) is 6.46. The summed E-state index contributed by atoms with van der Waals surface area (Å²) in [5, 5.41) is 10.0. The predicted octanol–water partition coefficient (Wildman–Crippen LogP) is 17.3. The zero-order valence-electron chi connectivity index (χ0n) is 36.4. The van der Waals surface area contributed by atoms with Crippen molar-refractivity contribution in [2.75, 3.05) is 9.80 Å². The SMILES string of the molecule is Sc1cc2ccc(N(c3ccccc3)c3ccc4ccccc4c3)cc2cc1C1(c2ccc3ccc(N(c4ccccc4)c4ccc5ccccc5c4)cc3c2)C2CC3CC(C2)CC1C3. The van der Waals surface area contributed by atoms with Gasteiger partial charge in [0.2, 0.25) is 0 Å². The van der Waals surface area contributed by atoms with E-state index in [1.165, 1.54) is 86.3 Å². The van der Waals surface area contributed by atoms with Crippen LogP contribution in [-0.2, 0) is 5.41 Å². The minimum atomic E-state index is -0.131. The van der Waals surface area contributed by atoms with Crippen molar-refractivity contribution in [3.05, 3.63) is 223 Å². The quantitative estimate of drug-likeness (QED) is 0.152. The Balaban J connectivity index is 0.972. The number of nitrogens with zero attached hydrogens (tertiary/aromatic N) is 2. The Bertz CT molecular complexity index is 3400. The van der Waals surface area contributed by atoms with Gasteiger partial charge in [0, 0.05) is 44.4 Å². The third-order valence-electron chi connectivity index (χ3n) is 15.6. The Kier molecular flexibility index (Phi) is 9.17. The molecule has 65 heavy (non-hydrogen) atoms. The number of rotatable bonds is 8. The molecule has 4 saturated carbocycles. The molecule has 4 fully saturated rings. The van der Waals surface area contributed by atoms with Gasteiger partial charge in [0.05, 0.1) is 0 Å². The van der Waals surface area contributed by atoms with Crippen LogP contribution in [0.5, 0.6) is 0 Å². The number of hydrogen-bond acceptors (Lipinski definition) is 3. The van der Waals surface area contributed by atoms with Crippen LogP contribution in [0.1, 0.15) is 43.2 Å². The van der Waals surface area contributed by atoms with E-state index < -0.39 is 0 Å². The van der Waals surface area contributed by atoms with E-state index in [-0.39, 0.29) is 5.41 Å². The second-order valence-electron chi connectivity index (χ2n) is 19.2. The summed E-state index contributed by atoms with van der Waals surface area (Å²) in [4.78, 5) is 5.95. The molecule has 3 heteroatoms. The second-order valence-corrected chi connectivity index (χ2v) is 19.7. The van der Waals surface area contributed by atoms with Gasteiger partial charge in [-0.15, -0.1) is 12.6 Å². The molecule has 14 rings (SSSR count). The lowest BCUT2D eigenvalue weighted by Gasteiger charge is -2.62. The van der Waals surface area contributed by atoms with Crippen LogP contribution in [0.4, 0.5) is 34.1 Å². The molecule has 0 unspecified atom stereocenters. The lowest BCUT2D eigenvalue weighted by atomic mass is 9.42. The second kappa shape index (κ2) is 15.4. The number of fused-ring (bicyclic) bond motifs is 4. The zero-order chi connectivity index (χ0) is 43.1. The Morgan fingerprint density at radius 3 is 1.22 bits per heavy atom. The van der Waals surface area contributed by atoms with Gasteiger partial charge in [-0.3, -0.25) is 0 Å². The van der Waals surface area contributed by atoms with E-state index in [1.54, 1.807) is 0 Å². The molecule has 4 aliphatic rings. The van der Waals surface area contributed by atoms with Gasteiger partial charge in [0.1, 0.15) is 0 Å². The van der Waals surface area contributed by atoms with Gasteiger partial charge in [-0.05, 0) is 195 Å². The normalized spacial score (nSPS) is 21.1. The van der Waals surface area contributed by atoms with Crippen LogP contribution in [0, 0.1) is 23.7 Å². The Labute approximate surface area is 387 Å². The minimum absolute atomic E-state index is 0.131. The molecule has 0 aliphatic heterocycles. The maximum absolute atomic E-state index is 5.49. The third-order valence-corrected chi connectivity index (χ3v) is 16.0. The molecule has 0 atom stereocenters. The summed E-state index contributed by atoms with van der Waals surface area (Å²) in [6.45, 7) is 0. The highest BCUT2D eigenvalue weighted by atomic mass is 32.1. The average molecular weight is 855 g/mol. The molecule has 10 aromatic rings. The summed E-state index contributed by atoms with van der Waals surface area (Å²) >= 11 is 5.49. The molecule has 4 aliphatic carbocycles. The van der Waals surface area contributed by atoms with Crippen LogP contribution in [0.3, 0.4) is 0 Å². The van der Waals surface area contributed by atoms with Crippen LogP contribution in [0.2, 0.25) is 0 Å². The Morgan fingerprint density at radius 2 is 0.708 bits per heavy atom. The Morgan fingerprint density at radius 1 is 0.323 bits per heavy atom. The van der Waals surface area contributed by atoms with E-state index in [9.17, 15) is 0 Å². The molecule has 314 valence electrons. The molecule has 0 heterocycles. The number of benzene rings is 10. The van der Waals surface area contributed by atoms with Crippen molar-refractivity contribution in [2.24, 2.45) is 23.7 Å². The van der Waals surface area contributed by atoms with Crippen molar-refractivity contribution in [3.63, 3.8) is 0 Å². The smallest absolute Gasteiger partial charge is 0.0468 e. The highest BCUT2D eigenvalue weighted by molar-refractivity contribution is 7.80. The largest absolute Gasteiger partial charge is 0.310 e. The molecule has 2 nitrogen and oxygen atoms in total. The van der Waals surface area contributed by atoms with Gasteiger partial charge in [-0.25, -0.2) is 0 Å². The van der Waals surface area contributed by atoms with Crippen LogP contribution in [0.25, 0.3) is 43.1 Å². The van der Waals surface area contributed by atoms with E-state index in [0.29, 0.717) is 11.8 Å². The first-order valence-corrected chi connectivity index (χ1v) is 24.0. The van der Waals surface area contributed by atoms with Gasteiger partial charge in [0.25, 0.3) is 0 Å². The van der Waals surface area contributed by atoms with E-state index in [0.717, 1.165) is 50.9 Å². The lowest BCUT2D eigenvalue weighted by molar-refractivity contribution is -0.0427. The molecule has 0 radical (unpaired) electrons. The van der Waals surface area contributed by atoms with Crippen molar-refractivity contribution in [2.45, 2.75) is 42.4 Å². The lowest BCUT2D eigenvalue weighted by Crippen LogP contribution is -2.56. The van der Waals surface area contributed by atoms with Gasteiger partial charge < -0.3 is 9.80 Å². The number of hydrogen-bond donors (Lipinski definition) is 1. The number of anilines is 6. The van der Waals surface area contributed by atoms with Crippen molar-refractivity contribution < 1.29 is 0 Å². The monoisotopic (exact) mass is 854 g/mol. The summed E-state index contributed by atoms with van der Waals surface area (Å²) < 4.78 is 0. The van der Waals surface area contributed by atoms with E-state index in [2.05, 4.69) is 222 Å². The van der Waals surface area contributed by atoms with Crippen molar-refractivity contribution in [1.82, 2.24) is 0 Å². The first-order valence-electron chi connectivity index (χ1n) is 23.5. The van der Waals surface area contributed by atoms with E-state index >= 15 is 0 Å². The zero-order valence-corrected chi connectivity index (χ0v) is 37.3. The molecule has 0 saturated heterocycles. The van der Waals surface area contributed by atoms with Crippen LogP contribution >= 0.6 is 12.6 Å². The molecule has 0 aromatic heterocycles. The molecule has 0 spiro atoms. The van der Waals surface area contributed by atoms with Crippen LogP contribution < -0.4 is 9.80 Å². The summed E-state index contributed by atoms with van der Waals surface area (Å²) in [6, 6.07) is 79.1. The fourth-order valence-electron chi connectivity index (χ4n) is 13.0. The van der Waals surface area contributed by atoms with Crippen molar-refractivity contribution in [3.8, 4) is 0 Å². The van der Waals surface area contributed by atoms with Crippen molar-refractivity contribution in [1.29, 1.82) is 0 Å². The highest BCUT2D eigenvalue weighted by Gasteiger charge is 2.59. The molecule has 10 aromatic carbocycles. The fourth-order valence-corrected chi connectivity index (χ4v) is 13.4. The Hall–Kier alpha value is -6.81. The summed E-state index contributed by atoms with van der Waals surface area (Å²) in [5.74, 6) is 2.80. The first-order chi connectivity index (χ1) is 32.0. The number of thiol groups is 1. The first kappa shape index (κ1) is 38.6. The molecular formula is C62H50N2S. The van der Waals surface area contributed by atoms with Crippen molar-refractivity contribution >= 4 is 89.8 Å². The highest BCUT2D eigenvalue weighted by Crippen LogP contribution is 2.66. The molecule has 4 bridgehead atoms. The summed E-state index contributed by atoms with van der Waals surface area (Å²) in [7, 11) is 0. The molecular weight excluding hydrogens is 805 g/mol. The average Bonchev–Trinajstić information content (AvgIpc) is 3.34. The van der Waals surface area contributed by atoms with Crippen LogP contribution in [0.15, 0.2) is 217 Å². The van der Waals surface area contributed by atoms with Gasteiger partial charge >= 0.3 is 0 Å². The maximum Gasteiger partial charge on any atom is 0.0468 e.